The van der Waals surface area contributed by atoms with E-state index in [-0.39, 0.29) is 0 Å². The summed E-state index contributed by atoms with van der Waals surface area (Å²) in [6, 6.07) is 0. The minimum absolute atomic E-state index is 0.778. The van der Waals surface area contributed by atoms with Gasteiger partial charge in [-0.2, -0.15) is 0 Å². The molecule has 0 aliphatic rings. The summed E-state index contributed by atoms with van der Waals surface area (Å²) in [5.41, 5.74) is 2.31. The van der Waals surface area contributed by atoms with Crippen molar-refractivity contribution in [1.29, 1.82) is 0 Å². The standard InChI is InChI=1S/C10H13N3S2/c1-3-8-4-11-10(14)13(8)5-9-12-7(2)6-15-9/h4,6H,3,5H2,1-2H3,(H,11,14). The number of aromatic nitrogens is 3. The fraction of sp³-hybridized carbons (Fsp3) is 0.400. The molecule has 80 valence electrons. The van der Waals surface area contributed by atoms with E-state index < -0.39 is 0 Å². The van der Waals surface area contributed by atoms with Crippen LogP contribution in [0.15, 0.2) is 11.6 Å². The van der Waals surface area contributed by atoms with Crippen molar-refractivity contribution in [2.75, 3.05) is 0 Å². The zero-order chi connectivity index (χ0) is 10.8. The van der Waals surface area contributed by atoms with Crippen molar-refractivity contribution in [3.8, 4) is 0 Å². The Labute approximate surface area is 97.8 Å². The third kappa shape index (κ3) is 2.18. The fourth-order valence-electron chi connectivity index (χ4n) is 1.51. The Morgan fingerprint density at radius 3 is 3.00 bits per heavy atom. The Kier molecular flexibility index (Phi) is 3.02. The first kappa shape index (κ1) is 10.6. The summed E-state index contributed by atoms with van der Waals surface area (Å²) in [7, 11) is 0. The molecule has 0 saturated carbocycles. The molecule has 2 aromatic rings. The van der Waals surface area contributed by atoms with Crippen LogP contribution in [0.4, 0.5) is 0 Å². The Balaban J connectivity index is 2.31. The van der Waals surface area contributed by atoms with E-state index in [1.54, 1.807) is 11.3 Å². The van der Waals surface area contributed by atoms with Crippen molar-refractivity contribution in [3.05, 3.63) is 32.7 Å². The molecule has 3 nitrogen and oxygen atoms in total. The summed E-state index contributed by atoms with van der Waals surface area (Å²) in [5.74, 6) is 0. The first-order valence-corrected chi connectivity index (χ1v) is 6.17. The predicted octanol–water partition coefficient (Wildman–Crippen LogP) is 2.92. The Bertz CT molecular complexity index is 507. The largest absolute Gasteiger partial charge is 0.337 e. The number of nitrogens with one attached hydrogen (secondary N) is 1. The zero-order valence-electron chi connectivity index (χ0n) is 8.78. The second-order valence-electron chi connectivity index (χ2n) is 3.41. The monoisotopic (exact) mass is 239 g/mol. The molecule has 2 heterocycles. The van der Waals surface area contributed by atoms with Crippen LogP contribution in [0.3, 0.4) is 0 Å². The molecule has 0 aliphatic carbocycles. The number of aromatic amines is 1. The SMILES string of the molecule is CCc1c[nH]c(=S)n1Cc1nc(C)cs1. The lowest BCUT2D eigenvalue weighted by atomic mass is 10.3. The summed E-state index contributed by atoms with van der Waals surface area (Å²) in [6.07, 6.45) is 2.96. The number of imidazole rings is 1. The number of rotatable bonds is 3. The molecule has 0 amide bonds. The molecule has 0 fully saturated rings. The van der Waals surface area contributed by atoms with Gasteiger partial charge in [-0.3, -0.25) is 0 Å². The van der Waals surface area contributed by atoms with E-state index in [0.717, 1.165) is 28.4 Å². The van der Waals surface area contributed by atoms with Crippen molar-refractivity contribution < 1.29 is 0 Å². The van der Waals surface area contributed by atoms with Crippen LogP contribution in [-0.2, 0) is 13.0 Å². The van der Waals surface area contributed by atoms with E-state index >= 15 is 0 Å². The predicted molar refractivity (Wildman–Crippen MR) is 64.9 cm³/mol. The molecular formula is C10H13N3S2. The second-order valence-corrected chi connectivity index (χ2v) is 4.74. The van der Waals surface area contributed by atoms with Gasteiger partial charge in [-0.15, -0.1) is 11.3 Å². The lowest BCUT2D eigenvalue weighted by Gasteiger charge is -2.03. The van der Waals surface area contributed by atoms with Gasteiger partial charge in [0, 0.05) is 23.0 Å². The van der Waals surface area contributed by atoms with Crippen molar-refractivity contribution in [1.82, 2.24) is 14.5 Å². The molecule has 0 radical (unpaired) electrons. The maximum atomic E-state index is 5.23. The number of hydrogen-bond donors (Lipinski definition) is 1. The molecule has 2 rings (SSSR count). The fourth-order valence-corrected chi connectivity index (χ4v) is 2.51. The summed E-state index contributed by atoms with van der Waals surface area (Å²) in [5, 5.41) is 3.18. The van der Waals surface area contributed by atoms with Gasteiger partial charge in [-0.05, 0) is 25.6 Å². The van der Waals surface area contributed by atoms with Crippen LogP contribution in [0.1, 0.15) is 23.3 Å². The first-order chi connectivity index (χ1) is 7.20. The highest BCUT2D eigenvalue weighted by Gasteiger charge is 2.05. The molecule has 15 heavy (non-hydrogen) atoms. The third-order valence-electron chi connectivity index (χ3n) is 2.28. The number of nitrogens with zero attached hydrogens (tertiary/aromatic N) is 2. The molecule has 0 unspecified atom stereocenters. The van der Waals surface area contributed by atoms with Crippen molar-refractivity contribution in [2.24, 2.45) is 0 Å². The highest BCUT2D eigenvalue weighted by atomic mass is 32.1. The van der Waals surface area contributed by atoms with Crippen LogP contribution >= 0.6 is 23.6 Å². The van der Waals surface area contributed by atoms with E-state index in [2.05, 4.69) is 26.8 Å². The van der Waals surface area contributed by atoms with Gasteiger partial charge in [0.25, 0.3) is 0 Å². The van der Waals surface area contributed by atoms with Gasteiger partial charge < -0.3 is 9.55 Å². The van der Waals surface area contributed by atoms with Crippen LogP contribution in [0, 0.1) is 11.7 Å². The molecule has 0 aliphatic heterocycles. The summed E-state index contributed by atoms with van der Waals surface area (Å²) >= 11 is 6.91. The number of thiazole rings is 1. The van der Waals surface area contributed by atoms with Crippen molar-refractivity contribution >= 4 is 23.6 Å². The van der Waals surface area contributed by atoms with E-state index in [4.69, 9.17) is 12.2 Å². The Morgan fingerprint density at radius 1 is 1.60 bits per heavy atom. The van der Waals surface area contributed by atoms with Gasteiger partial charge in [0.05, 0.1) is 6.54 Å². The van der Waals surface area contributed by atoms with Crippen molar-refractivity contribution in [3.63, 3.8) is 0 Å². The second kappa shape index (κ2) is 4.28. The summed E-state index contributed by atoms with van der Waals surface area (Å²) in [6.45, 7) is 4.92. The normalized spacial score (nSPS) is 10.8. The molecule has 1 N–H and O–H groups in total. The summed E-state index contributed by atoms with van der Waals surface area (Å²) in [4.78, 5) is 7.51. The van der Waals surface area contributed by atoms with Crippen LogP contribution in [0.25, 0.3) is 0 Å². The van der Waals surface area contributed by atoms with E-state index in [9.17, 15) is 0 Å². The molecule has 0 spiro atoms. The average Bonchev–Trinajstić information content (AvgIpc) is 2.76. The van der Waals surface area contributed by atoms with Gasteiger partial charge >= 0.3 is 0 Å². The molecule has 2 aromatic heterocycles. The van der Waals surface area contributed by atoms with E-state index in [1.165, 1.54) is 5.69 Å². The highest BCUT2D eigenvalue weighted by molar-refractivity contribution is 7.71. The van der Waals surface area contributed by atoms with Crippen molar-refractivity contribution in [2.45, 2.75) is 26.8 Å². The molecule has 0 saturated heterocycles. The smallest absolute Gasteiger partial charge is 0.177 e. The van der Waals surface area contributed by atoms with E-state index in [0.29, 0.717) is 0 Å². The molecule has 5 heteroatoms. The van der Waals surface area contributed by atoms with Gasteiger partial charge in [-0.25, -0.2) is 4.98 Å². The van der Waals surface area contributed by atoms with Crippen LogP contribution in [0.2, 0.25) is 0 Å². The minimum Gasteiger partial charge on any atom is -0.337 e. The molecule has 0 atom stereocenters. The third-order valence-corrected chi connectivity index (χ3v) is 3.57. The first-order valence-electron chi connectivity index (χ1n) is 4.88. The molecule has 0 bridgehead atoms. The average molecular weight is 239 g/mol. The zero-order valence-corrected chi connectivity index (χ0v) is 10.4. The van der Waals surface area contributed by atoms with Gasteiger partial charge in [0.2, 0.25) is 0 Å². The number of hydrogen-bond acceptors (Lipinski definition) is 3. The lowest BCUT2D eigenvalue weighted by Crippen LogP contribution is -2.03. The molecular weight excluding hydrogens is 226 g/mol. The van der Waals surface area contributed by atoms with Gasteiger partial charge in [0.1, 0.15) is 5.01 Å². The highest BCUT2D eigenvalue weighted by Crippen LogP contribution is 2.12. The molecule has 0 aromatic carbocycles. The van der Waals surface area contributed by atoms with Gasteiger partial charge in [0.15, 0.2) is 4.77 Å². The Morgan fingerprint density at radius 2 is 2.40 bits per heavy atom. The number of H-pyrrole nitrogens is 1. The van der Waals surface area contributed by atoms with E-state index in [1.807, 2.05) is 13.1 Å². The quantitative estimate of drug-likeness (QED) is 0.836. The maximum absolute atomic E-state index is 5.23. The number of aryl methyl sites for hydroxylation is 2. The maximum Gasteiger partial charge on any atom is 0.177 e. The lowest BCUT2D eigenvalue weighted by molar-refractivity contribution is 0.730. The minimum atomic E-state index is 0.778. The summed E-state index contributed by atoms with van der Waals surface area (Å²) < 4.78 is 2.88. The van der Waals surface area contributed by atoms with Gasteiger partial charge in [-0.1, -0.05) is 6.92 Å². The van der Waals surface area contributed by atoms with Crippen LogP contribution < -0.4 is 0 Å². The Hall–Kier alpha value is -0.940. The topological polar surface area (TPSA) is 33.6 Å². The van der Waals surface area contributed by atoms with Crippen LogP contribution in [0.5, 0.6) is 0 Å². The van der Waals surface area contributed by atoms with Crippen LogP contribution in [-0.4, -0.2) is 14.5 Å².